The van der Waals surface area contributed by atoms with Crippen LogP contribution < -0.4 is 0 Å². The van der Waals surface area contributed by atoms with E-state index >= 15 is 0 Å². The van der Waals surface area contributed by atoms with Crippen LogP contribution >= 0.6 is 0 Å². The summed E-state index contributed by atoms with van der Waals surface area (Å²) in [5.74, 6) is 0.887. The number of hydrogen-bond acceptors (Lipinski definition) is 3. The van der Waals surface area contributed by atoms with E-state index in [9.17, 15) is 10.2 Å². The molecular weight excluding hydrogens is 274 g/mol. The highest BCUT2D eigenvalue weighted by Gasteiger charge is 2.22. The summed E-state index contributed by atoms with van der Waals surface area (Å²) >= 11 is 0. The van der Waals surface area contributed by atoms with Gasteiger partial charge in [0.25, 0.3) is 0 Å². The van der Waals surface area contributed by atoms with Gasteiger partial charge in [-0.3, -0.25) is 0 Å². The zero-order valence-electron chi connectivity index (χ0n) is 12.7. The Balaban J connectivity index is 1.52. The van der Waals surface area contributed by atoms with Crippen LogP contribution in [0, 0.1) is 0 Å². The second kappa shape index (κ2) is 6.95. The van der Waals surface area contributed by atoms with E-state index < -0.39 is 6.10 Å². The number of rotatable bonds is 4. The molecule has 3 rings (SSSR count). The van der Waals surface area contributed by atoms with E-state index in [0.29, 0.717) is 18.2 Å². The lowest BCUT2D eigenvalue weighted by molar-refractivity contribution is 0.0972. The third-order valence-electron chi connectivity index (χ3n) is 4.57. The first-order chi connectivity index (χ1) is 10.7. The van der Waals surface area contributed by atoms with E-state index in [-0.39, 0.29) is 0 Å². The summed E-state index contributed by atoms with van der Waals surface area (Å²) < 4.78 is 0. The van der Waals surface area contributed by atoms with Crippen LogP contribution in [0.25, 0.3) is 0 Å². The number of piperidine rings is 1. The van der Waals surface area contributed by atoms with Gasteiger partial charge in [0.1, 0.15) is 5.75 Å². The summed E-state index contributed by atoms with van der Waals surface area (Å²) in [6, 6.07) is 17.4. The van der Waals surface area contributed by atoms with Crippen LogP contribution in [0.3, 0.4) is 0 Å². The van der Waals surface area contributed by atoms with Gasteiger partial charge in [-0.25, -0.2) is 0 Å². The highest BCUT2D eigenvalue weighted by atomic mass is 16.3. The second-order valence-electron chi connectivity index (χ2n) is 6.09. The van der Waals surface area contributed by atoms with Gasteiger partial charge in [0.15, 0.2) is 0 Å². The average Bonchev–Trinajstić information content (AvgIpc) is 2.57. The number of phenols is 1. The zero-order valence-corrected chi connectivity index (χ0v) is 12.7. The monoisotopic (exact) mass is 297 g/mol. The van der Waals surface area contributed by atoms with Crippen LogP contribution in [0.5, 0.6) is 5.75 Å². The third kappa shape index (κ3) is 3.67. The Morgan fingerprint density at radius 3 is 2.23 bits per heavy atom. The van der Waals surface area contributed by atoms with Crippen LogP contribution in [0.15, 0.2) is 54.6 Å². The van der Waals surface area contributed by atoms with Crippen molar-refractivity contribution in [3.8, 4) is 5.75 Å². The Morgan fingerprint density at radius 2 is 1.59 bits per heavy atom. The maximum Gasteiger partial charge on any atom is 0.115 e. The van der Waals surface area contributed by atoms with E-state index in [2.05, 4.69) is 4.90 Å². The van der Waals surface area contributed by atoms with Crippen LogP contribution in [0.4, 0.5) is 0 Å². The molecule has 1 saturated heterocycles. The number of hydrogen-bond donors (Lipinski definition) is 2. The van der Waals surface area contributed by atoms with Gasteiger partial charge in [-0.05, 0) is 55.1 Å². The van der Waals surface area contributed by atoms with Crippen molar-refractivity contribution in [2.24, 2.45) is 0 Å². The highest BCUT2D eigenvalue weighted by Crippen LogP contribution is 2.29. The Labute approximate surface area is 131 Å². The third-order valence-corrected chi connectivity index (χ3v) is 4.57. The van der Waals surface area contributed by atoms with Crippen molar-refractivity contribution < 1.29 is 10.2 Å². The number of likely N-dealkylation sites (tertiary alicyclic amines) is 1. The number of β-amino-alcohol motifs (C(OH)–C–C–N with tert-alkyl or cyclic N) is 1. The Kier molecular flexibility index (Phi) is 4.76. The van der Waals surface area contributed by atoms with Crippen molar-refractivity contribution in [1.82, 2.24) is 4.90 Å². The molecule has 22 heavy (non-hydrogen) atoms. The van der Waals surface area contributed by atoms with E-state index in [4.69, 9.17) is 0 Å². The van der Waals surface area contributed by atoms with Gasteiger partial charge in [-0.2, -0.15) is 0 Å². The minimum absolute atomic E-state index is 0.326. The van der Waals surface area contributed by atoms with Crippen molar-refractivity contribution >= 4 is 0 Å². The van der Waals surface area contributed by atoms with E-state index in [1.165, 1.54) is 5.56 Å². The zero-order chi connectivity index (χ0) is 15.4. The summed E-state index contributed by atoms with van der Waals surface area (Å²) in [4.78, 5) is 2.34. The van der Waals surface area contributed by atoms with Crippen LogP contribution in [0.1, 0.15) is 36.0 Å². The molecule has 3 nitrogen and oxygen atoms in total. The molecule has 0 saturated carbocycles. The highest BCUT2D eigenvalue weighted by molar-refractivity contribution is 5.28. The van der Waals surface area contributed by atoms with Crippen molar-refractivity contribution in [2.75, 3.05) is 19.6 Å². The summed E-state index contributed by atoms with van der Waals surface area (Å²) in [5, 5.41) is 19.7. The fraction of sp³-hybridized carbons (Fsp3) is 0.368. The van der Waals surface area contributed by atoms with Gasteiger partial charge in [-0.15, -0.1) is 0 Å². The number of nitrogens with zero attached hydrogens (tertiary/aromatic N) is 1. The second-order valence-corrected chi connectivity index (χ2v) is 6.09. The standard InChI is InChI=1S/C19H23NO2/c21-18-8-6-15(7-9-18)16-10-12-20(13-11-16)14-19(22)17-4-2-1-3-5-17/h1-9,16,19,21-22H,10-14H2/t19-/m1/s1. The molecule has 1 fully saturated rings. The molecule has 1 aliphatic rings. The smallest absolute Gasteiger partial charge is 0.115 e. The van der Waals surface area contributed by atoms with Crippen molar-refractivity contribution in [2.45, 2.75) is 24.9 Å². The Morgan fingerprint density at radius 1 is 0.955 bits per heavy atom. The molecule has 2 aromatic rings. The van der Waals surface area contributed by atoms with Crippen molar-refractivity contribution in [3.63, 3.8) is 0 Å². The van der Waals surface area contributed by atoms with Crippen molar-refractivity contribution in [3.05, 3.63) is 65.7 Å². The van der Waals surface area contributed by atoms with Gasteiger partial charge in [0, 0.05) is 6.54 Å². The molecule has 0 unspecified atom stereocenters. The number of aromatic hydroxyl groups is 1. The number of aliphatic hydroxyl groups is 1. The Bertz CT molecular complexity index is 574. The summed E-state index contributed by atoms with van der Waals surface area (Å²) in [6.45, 7) is 2.72. The molecule has 0 aromatic heterocycles. The first kappa shape index (κ1) is 15.1. The fourth-order valence-corrected chi connectivity index (χ4v) is 3.22. The summed E-state index contributed by atoms with van der Waals surface area (Å²) in [5.41, 5.74) is 2.30. The van der Waals surface area contributed by atoms with Gasteiger partial charge in [0.2, 0.25) is 0 Å². The maximum atomic E-state index is 10.3. The lowest BCUT2D eigenvalue weighted by Gasteiger charge is -2.33. The SMILES string of the molecule is Oc1ccc(C2CCN(C[C@@H](O)c3ccccc3)CC2)cc1. The molecule has 2 N–H and O–H groups in total. The molecule has 0 bridgehead atoms. The summed E-state index contributed by atoms with van der Waals surface area (Å²) in [6.07, 6.45) is 1.80. The minimum Gasteiger partial charge on any atom is -0.508 e. The summed E-state index contributed by atoms with van der Waals surface area (Å²) in [7, 11) is 0. The molecule has 2 aromatic carbocycles. The van der Waals surface area contributed by atoms with E-state index in [1.807, 2.05) is 42.5 Å². The van der Waals surface area contributed by atoms with Gasteiger partial charge < -0.3 is 15.1 Å². The molecule has 1 atom stereocenters. The lowest BCUT2D eigenvalue weighted by atomic mass is 9.89. The van der Waals surface area contributed by atoms with Crippen LogP contribution in [-0.4, -0.2) is 34.7 Å². The van der Waals surface area contributed by atoms with Crippen LogP contribution in [0.2, 0.25) is 0 Å². The topological polar surface area (TPSA) is 43.7 Å². The van der Waals surface area contributed by atoms with Gasteiger partial charge in [0.05, 0.1) is 6.10 Å². The minimum atomic E-state index is -0.411. The number of aliphatic hydroxyl groups excluding tert-OH is 1. The van der Waals surface area contributed by atoms with Crippen molar-refractivity contribution in [1.29, 1.82) is 0 Å². The van der Waals surface area contributed by atoms with E-state index in [0.717, 1.165) is 31.5 Å². The molecule has 1 aliphatic heterocycles. The average molecular weight is 297 g/mol. The first-order valence-electron chi connectivity index (χ1n) is 7.96. The molecule has 0 aliphatic carbocycles. The molecule has 116 valence electrons. The number of benzene rings is 2. The molecule has 0 spiro atoms. The fourth-order valence-electron chi connectivity index (χ4n) is 3.22. The first-order valence-corrected chi connectivity index (χ1v) is 7.96. The molecule has 0 radical (unpaired) electrons. The molecular formula is C19H23NO2. The van der Waals surface area contributed by atoms with Crippen LogP contribution in [-0.2, 0) is 0 Å². The maximum absolute atomic E-state index is 10.3. The molecule has 1 heterocycles. The molecule has 3 heteroatoms. The predicted molar refractivity (Wildman–Crippen MR) is 87.9 cm³/mol. The largest absolute Gasteiger partial charge is 0.508 e. The Hall–Kier alpha value is -1.84. The van der Waals surface area contributed by atoms with Gasteiger partial charge in [-0.1, -0.05) is 42.5 Å². The normalized spacial score (nSPS) is 18.2. The van der Waals surface area contributed by atoms with E-state index in [1.54, 1.807) is 12.1 Å². The predicted octanol–water partition coefficient (Wildman–Crippen LogP) is 3.31. The lowest BCUT2D eigenvalue weighted by Crippen LogP contribution is -2.36. The molecule has 0 amide bonds. The quantitative estimate of drug-likeness (QED) is 0.910. The number of phenolic OH excluding ortho intramolecular Hbond substituents is 1. The van der Waals surface area contributed by atoms with Gasteiger partial charge >= 0.3 is 0 Å².